The van der Waals surface area contributed by atoms with E-state index in [1.165, 1.54) is 12.1 Å². The Kier molecular flexibility index (Phi) is 3.66. The van der Waals surface area contributed by atoms with Gasteiger partial charge in [0, 0.05) is 10.6 Å². The van der Waals surface area contributed by atoms with E-state index in [-0.39, 0.29) is 10.7 Å². The smallest absolute Gasteiger partial charge is 0.255 e. The zero-order valence-corrected chi connectivity index (χ0v) is 11.6. The van der Waals surface area contributed by atoms with Crippen molar-refractivity contribution in [1.82, 2.24) is 0 Å². The summed E-state index contributed by atoms with van der Waals surface area (Å²) < 4.78 is 24.4. The van der Waals surface area contributed by atoms with Gasteiger partial charge in [0.15, 0.2) is 11.5 Å². The Labute approximate surface area is 125 Å². The second-order valence-electron chi connectivity index (χ2n) is 4.44. The van der Waals surface area contributed by atoms with Crippen molar-refractivity contribution in [3.63, 3.8) is 0 Å². The van der Waals surface area contributed by atoms with E-state index in [9.17, 15) is 9.18 Å². The van der Waals surface area contributed by atoms with Gasteiger partial charge in [0.05, 0.1) is 5.69 Å². The number of hydrogen-bond acceptors (Lipinski definition) is 3. The third kappa shape index (κ3) is 2.92. The molecule has 1 aliphatic heterocycles. The van der Waals surface area contributed by atoms with Crippen molar-refractivity contribution >= 4 is 23.2 Å². The maximum atomic E-state index is 13.7. The lowest BCUT2D eigenvalue weighted by Crippen LogP contribution is -2.17. The highest BCUT2D eigenvalue weighted by molar-refractivity contribution is 6.30. The standard InChI is InChI=1S/C15H11ClFNO3/c16-10-2-3-12(11(17)8-10)18-15(19)9-1-4-13-14(7-9)21-6-5-20-13/h1-4,7-8H,5-6H2,(H,18,19). The first-order valence-electron chi connectivity index (χ1n) is 6.29. The number of fused-ring (bicyclic) bond motifs is 1. The topological polar surface area (TPSA) is 47.6 Å². The molecule has 4 nitrogen and oxygen atoms in total. The second kappa shape index (κ2) is 5.61. The van der Waals surface area contributed by atoms with Crippen molar-refractivity contribution in [3.05, 3.63) is 52.8 Å². The quantitative estimate of drug-likeness (QED) is 0.923. The molecule has 1 heterocycles. The van der Waals surface area contributed by atoms with Crippen molar-refractivity contribution in [2.75, 3.05) is 18.5 Å². The normalized spacial score (nSPS) is 12.9. The van der Waals surface area contributed by atoms with Crippen LogP contribution in [0.4, 0.5) is 10.1 Å². The van der Waals surface area contributed by atoms with Crippen LogP contribution in [0.5, 0.6) is 11.5 Å². The number of halogens is 2. The third-order valence-corrected chi connectivity index (χ3v) is 3.22. The molecule has 0 spiro atoms. The molecule has 21 heavy (non-hydrogen) atoms. The Morgan fingerprint density at radius 1 is 1.10 bits per heavy atom. The highest BCUT2D eigenvalue weighted by atomic mass is 35.5. The summed E-state index contributed by atoms with van der Waals surface area (Å²) in [6.45, 7) is 0.915. The minimum Gasteiger partial charge on any atom is -0.486 e. The van der Waals surface area contributed by atoms with Crippen LogP contribution in [0.1, 0.15) is 10.4 Å². The lowest BCUT2D eigenvalue weighted by atomic mass is 10.1. The number of amides is 1. The Bertz CT molecular complexity index is 705. The average Bonchev–Trinajstić information content (AvgIpc) is 2.49. The van der Waals surface area contributed by atoms with Gasteiger partial charge in [-0.2, -0.15) is 0 Å². The summed E-state index contributed by atoms with van der Waals surface area (Å²) in [5.74, 6) is 0.0718. The predicted molar refractivity (Wildman–Crippen MR) is 76.8 cm³/mol. The predicted octanol–water partition coefficient (Wildman–Crippen LogP) is 3.50. The summed E-state index contributed by atoms with van der Waals surface area (Å²) in [4.78, 5) is 12.1. The molecule has 1 aliphatic rings. The van der Waals surface area contributed by atoms with Gasteiger partial charge in [-0.1, -0.05) is 11.6 Å². The molecule has 0 saturated heterocycles. The van der Waals surface area contributed by atoms with E-state index in [4.69, 9.17) is 21.1 Å². The number of benzene rings is 2. The van der Waals surface area contributed by atoms with Crippen molar-refractivity contribution in [3.8, 4) is 11.5 Å². The van der Waals surface area contributed by atoms with Crippen LogP contribution in [0.15, 0.2) is 36.4 Å². The highest BCUT2D eigenvalue weighted by Crippen LogP contribution is 2.31. The molecule has 1 amide bonds. The summed E-state index contributed by atoms with van der Waals surface area (Å²) in [5.41, 5.74) is 0.424. The molecular formula is C15H11ClFNO3. The maximum absolute atomic E-state index is 13.7. The SMILES string of the molecule is O=C(Nc1ccc(Cl)cc1F)c1ccc2c(c1)OCCO2. The molecule has 0 fully saturated rings. The van der Waals surface area contributed by atoms with Crippen molar-refractivity contribution in [1.29, 1.82) is 0 Å². The van der Waals surface area contributed by atoms with Gasteiger partial charge in [-0.15, -0.1) is 0 Å². The molecule has 0 atom stereocenters. The van der Waals surface area contributed by atoms with Crippen LogP contribution in [0, 0.1) is 5.82 Å². The van der Waals surface area contributed by atoms with Crippen LogP contribution in [0.25, 0.3) is 0 Å². The van der Waals surface area contributed by atoms with Gasteiger partial charge in [-0.25, -0.2) is 4.39 Å². The average molecular weight is 308 g/mol. The van der Waals surface area contributed by atoms with Gasteiger partial charge in [-0.3, -0.25) is 4.79 Å². The molecular weight excluding hydrogens is 297 g/mol. The van der Waals surface area contributed by atoms with Gasteiger partial charge in [-0.05, 0) is 36.4 Å². The summed E-state index contributed by atoms with van der Waals surface area (Å²) in [6, 6.07) is 8.87. The number of carbonyl (C=O) groups excluding carboxylic acids is 1. The van der Waals surface area contributed by atoms with E-state index in [1.807, 2.05) is 0 Å². The van der Waals surface area contributed by atoms with Gasteiger partial charge >= 0.3 is 0 Å². The molecule has 3 rings (SSSR count). The minimum atomic E-state index is -0.589. The van der Waals surface area contributed by atoms with Crippen molar-refractivity contribution in [2.45, 2.75) is 0 Å². The van der Waals surface area contributed by atoms with Crippen LogP contribution in [0.2, 0.25) is 5.02 Å². The number of nitrogens with one attached hydrogen (secondary N) is 1. The molecule has 6 heteroatoms. The number of rotatable bonds is 2. The van der Waals surface area contributed by atoms with Gasteiger partial charge in [0.2, 0.25) is 0 Å². The molecule has 0 aliphatic carbocycles. The van der Waals surface area contributed by atoms with E-state index in [0.29, 0.717) is 30.3 Å². The van der Waals surface area contributed by atoms with Gasteiger partial charge in [0.1, 0.15) is 19.0 Å². The molecule has 0 saturated carbocycles. The lowest BCUT2D eigenvalue weighted by Gasteiger charge is -2.18. The fourth-order valence-corrected chi connectivity index (χ4v) is 2.13. The number of ether oxygens (including phenoxy) is 2. The molecule has 1 N–H and O–H groups in total. The monoisotopic (exact) mass is 307 g/mol. The summed E-state index contributed by atoms with van der Waals surface area (Å²) in [6.07, 6.45) is 0. The third-order valence-electron chi connectivity index (χ3n) is 2.98. The first kappa shape index (κ1) is 13.7. The van der Waals surface area contributed by atoms with E-state index in [1.54, 1.807) is 18.2 Å². The van der Waals surface area contributed by atoms with E-state index >= 15 is 0 Å². The molecule has 0 unspecified atom stereocenters. The van der Waals surface area contributed by atoms with E-state index < -0.39 is 11.7 Å². The van der Waals surface area contributed by atoms with Crippen molar-refractivity contribution < 1.29 is 18.7 Å². The second-order valence-corrected chi connectivity index (χ2v) is 4.87. The highest BCUT2D eigenvalue weighted by Gasteiger charge is 2.16. The first-order chi connectivity index (χ1) is 10.1. The first-order valence-corrected chi connectivity index (χ1v) is 6.67. The molecule has 2 aromatic carbocycles. The zero-order chi connectivity index (χ0) is 14.8. The Hall–Kier alpha value is -2.27. The summed E-state index contributed by atoms with van der Waals surface area (Å²) >= 11 is 5.67. The Morgan fingerprint density at radius 3 is 2.62 bits per heavy atom. The van der Waals surface area contributed by atoms with Gasteiger partial charge in [0.25, 0.3) is 5.91 Å². The van der Waals surface area contributed by atoms with Gasteiger partial charge < -0.3 is 14.8 Å². The van der Waals surface area contributed by atoms with Crippen LogP contribution >= 0.6 is 11.6 Å². The molecule has 0 radical (unpaired) electrons. The molecule has 0 aromatic heterocycles. The van der Waals surface area contributed by atoms with Crippen molar-refractivity contribution in [2.24, 2.45) is 0 Å². The largest absolute Gasteiger partial charge is 0.486 e. The van der Waals surface area contributed by atoms with Crippen LogP contribution in [0.3, 0.4) is 0 Å². The zero-order valence-electron chi connectivity index (χ0n) is 10.9. The number of hydrogen-bond donors (Lipinski definition) is 1. The Balaban J connectivity index is 1.82. The summed E-state index contributed by atoms with van der Waals surface area (Å²) in [5, 5.41) is 2.76. The number of carbonyl (C=O) groups is 1. The fourth-order valence-electron chi connectivity index (χ4n) is 1.97. The van der Waals surface area contributed by atoms with E-state index in [2.05, 4.69) is 5.32 Å². The van der Waals surface area contributed by atoms with Crippen LogP contribution in [-0.4, -0.2) is 19.1 Å². The molecule has 108 valence electrons. The maximum Gasteiger partial charge on any atom is 0.255 e. The molecule has 2 aromatic rings. The molecule has 0 bridgehead atoms. The fraction of sp³-hybridized carbons (Fsp3) is 0.133. The Morgan fingerprint density at radius 2 is 1.86 bits per heavy atom. The lowest BCUT2D eigenvalue weighted by molar-refractivity contribution is 0.102. The van der Waals surface area contributed by atoms with Crippen LogP contribution in [-0.2, 0) is 0 Å². The minimum absolute atomic E-state index is 0.0688. The van der Waals surface area contributed by atoms with E-state index in [0.717, 1.165) is 6.07 Å². The summed E-state index contributed by atoms with van der Waals surface area (Å²) in [7, 11) is 0. The number of anilines is 1. The van der Waals surface area contributed by atoms with Crippen LogP contribution < -0.4 is 14.8 Å².